The van der Waals surface area contributed by atoms with Gasteiger partial charge in [0.2, 0.25) is 5.91 Å². The van der Waals surface area contributed by atoms with Crippen LogP contribution in [0.1, 0.15) is 27.2 Å². The van der Waals surface area contributed by atoms with Gasteiger partial charge in [-0.2, -0.15) is 11.8 Å². The van der Waals surface area contributed by atoms with E-state index in [2.05, 4.69) is 25.4 Å². The van der Waals surface area contributed by atoms with Crippen molar-refractivity contribution in [2.24, 2.45) is 5.73 Å². The first kappa shape index (κ1) is 12.8. The molecule has 0 saturated heterocycles. The van der Waals surface area contributed by atoms with Crippen molar-refractivity contribution >= 4 is 17.7 Å². The van der Waals surface area contributed by atoms with E-state index in [0.717, 1.165) is 13.0 Å². The standard InChI is InChI=1S/C9H20N2OS/c1-5-7(8(10)12)11-6-9(2,3)13-4/h7,11H,5-6H2,1-4H3,(H2,10,12). The van der Waals surface area contributed by atoms with Gasteiger partial charge in [-0.05, 0) is 26.5 Å². The summed E-state index contributed by atoms with van der Waals surface area (Å²) in [5.74, 6) is -0.264. The van der Waals surface area contributed by atoms with E-state index in [4.69, 9.17) is 5.73 Å². The molecule has 0 aliphatic carbocycles. The minimum Gasteiger partial charge on any atom is -0.368 e. The van der Waals surface area contributed by atoms with Gasteiger partial charge in [0.1, 0.15) is 0 Å². The summed E-state index contributed by atoms with van der Waals surface area (Å²) in [6, 6.07) is -0.188. The SMILES string of the molecule is CCC(NCC(C)(C)SC)C(N)=O. The van der Waals surface area contributed by atoms with Crippen molar-refractivity contribution in [3.05, 3.63) is 0 Å². The third-order valence-corrected chi connectivity index (χ3v) is 3.33. The molecule has 0 spiro atoms. The zero-order valence-corrected chi connectivity index (χ0v) is 9.70. The molecule has 0 bridgehead atoms. The lowest BCUT2D eigenvalue weighted by Gasteiger charge is -2.24. The molecule has 0 saturated carbocycles. The zero-order chi connectivity index (χ0) is 10.5. The van der Waals surface area contributed by atoms with Crippen molar-refractivity contribution in [1.82, 2.24) is 5.32 Å². The number of thioether (sulfide) groups is 1. The lowest BCUT2D eigenvalue weighted by atomic mass is 10.1. The second kappa shape index (κ2) is 5.50. The number of nitrogens with two attached hydrogens (primary N) is 1. The Morgan fingerprint density at radius 3 is 2.46 bits per heavy atom. The fraction of sp³-hybridized carbons (Fsp3) is 0.889. The van der Waals surface area contributed by atoms with Crippen LogP contribution in [-0.4, -0.2) is 29.5 Å². The quantitative estimate of drug-likeness (QED) is 0.678. The molecule has 0 heterocycles. The Bertz CT molecular complexity index is 171. The van der Waals surface area contributed by atoms with Gasteiger partial charge in [-0.3, -0.25) is 4.79 Å². The molecule has 0 fully saturated rings. The minimum absolute atomic E-state index is 0.156. The van der Waals surface area contributed by atoms with Crippen LogP contribution < -0.4 is 11.1 Å². The topological polar surface area (TPSA) is 55.1 Å². The van der Waals surface area contributed by atoms with Crippen LogP contribution >= 0.6 is 11.8 Å². The fourth-order valence-corrected chi connectivity index (χ4v) is 1.11. The maximum absolute atomic E-state index is 10.9. The average Bonchev–Trinajstić information content (AvgIpc) is 2.05. The van der Waals surface area contributed by atoms with Crippen molar-refractivity contribution in [3.63, 3.8) is 0 Å². The van der Waals surface area contributed by atoms with E-state index in [0.29, 0.717) is 0 Å². The first-order valence-corrected chi connectivity index (χ1v) is 5.73. The smallest absolute Gasteiger partial charge is 0.234 e. The van der Waals surface area contributed by atoms with Gasteiger partial charge >= 0.3 is 0 Å². The predicted octanol–water partition coefficient (Wildman–Crippen LogP) is 0.981. The molecule has 1 unspecified atom stereocenters. The second-order valence-electron chi connectivity index (χ2n) is 3.71. The van der Waals surface area contributed by atoms with E-state index in [-0.39, 0.29) is 16.7 Å². The summed E-state index contributed by atoms with van der Waals surface area (Å²) in [6.07, 6.45) is 2.81. The van der Waals surface area contributed by atoms with Gasteiger partial charge < -0.3 is 11.1 Å². The number of rotatable bonds is 6. The summed E-state index contributed by atoms with van der Waals surface area (Å²) in [4.78, 5) is 10.9. The van der Waals surface area contributed by atoms with Crippen LogP contribution in [0.25, 0.3) is 0 Å². The number of primary amides is 1. The number of amides is 1. The Hall–Kier alpha value is -0.220. The van der Waals surface area contributed by atoms with Crippen molar-refractivity contribution < 1.29 is 4.79 Å². The van der Waals surface area contributed by atoms with E-state index in [1.54, 1.807) is 11.8 Å². The third-order valence-electron chi connectivity index (χ3n) is 2.08. The molecular weight excluding hydrogens is 184 g/mol. The molecule has 1 atom stereocenters. The first-order chi connectivity index (χ1) is 5.93. The lowest BCUT2D eigenvalue weighted by molar-refractivity contribution is -0.120. The third kappa shape index (κ3) is 5.16. The van der Waals surface area contributed by atoms with Crippen LogP contribution in [0.2, 0.25) is 0 Å². The molecule has 0 aromatic heterocycles. The molecule has 1 amide bonds. The molecule has 3 nitrogen and oxygen atoms in total. The largest absolute Gasteiger partial charge is 0.368 e. The van der Waals surface area contributed by atoms with Gasteiger partial charge in [-0.25, -0.2) is 0 Å². The van der Waals surface area contributed by atoms with E-state index in [9.17, 15) is 4.79 Å². The van der Waals surface area contributed by atoms with Crippen LogP contribution in [0, 0.1) is 0 Å². The van der Waals surface area contributed by atoms with Gasteiger partial charge in [0, 0.05) is 11.3 Å². The number of nitrogens with one attached hydrogen (secondary N) is 1. The Kier molecular flexibility index (Phi) is 5.40. The van der Waals surface area contributed by atoms with Crippen LogP contribution in [0.5, 0.6) is 0 Å². The molecule has 0 aliphatic rings. The molecule has 13 heavy (non-hydrogen) atoms. The summed E-state index contributed by atoms with van der Waals surface area (Å²) in [5, 5.41) is 3.16. The summed E-state index contributed by atoms with van der Waals surface area (Å²) < 4.78 is 0.156. The first-order valence-electron chi connectivity index (χ1n) is 4.50. The van der Waals surface area contributed by atoms with Crippen LogP contribution in [0.3, 0.4) is 0 Å². The summed E-state index contributed by atoms with van der Waals surface area (Å²) >= 11 is 1.78. The Morgan fingerprint density at radius 2 is 2.15 bits per heavy atom. The molecule has 78 valence electrons. The van der Waals surface area contributed by atoms with Crippen molar-refractivity contribution in [2.45, 2.75) is 38.0 Å². The van der Waals surface area contributed by atoms with Crippen LogP contribution in [-0.2, 0) is 4.79 Å². The molecule has 0 aliphatic heterocycles. The molecule has 4 heteroatoms. The van der Waals surface area contributed by atoms with Crippen molar-refractivity contribution in [1.29, 1.82) is 0 Å². The molecular formula is C9H20N2OS. The Morgan fingerprint density at radius 1 is 1.62 bits per heavy atom. The predicted molar refractivity (Wildman–Crippen MR) is 58.9 cm³/mol. The molecule has 3 N–H and O–H groups in total. The van der Waals surface area contributed by atoms with Crippen molar-refractivity contribution in [2.75, 3.05) is 12.8 Å². The number of carbonyl (C=O) groups is 1. The van der Waals surface area contributed by atoms with Crippen molar-refractivity contribution in [3.8, 4) is 0 Å². The number of hydrogen-bond acceptors (Lipinski definition) is 3. The fourth-order valence-electron chi connectivity index (χ4n) is 0.887. The van der Waals surface area contributed by atoms with E-state index >= 15 is 0 Å². The highest BCUT2D eigenvalue weighted by Gasteiger charge is 2.19. The monoisotopic (exact) mass is 204 g/mol. The lowest BCUT2D eigenvalue weighted by Crippen LogP contribution is -2.45. The van der Waals surface area contributed by atoms with E-state index in [1.165, 1.54) is 0 Å². The average molecular weight is 204 g/mol. The maximum atomic E-state index is 10.9. The van der Waals surface area contributed by atoms with E-state index < -0.39 is 0 Å². The van der Waals surface area contributed by atoms with Crippen LogP contribution in [0.4, 0.5) is 0 Å². The minimum atomic E-state index is -0.264. The van der Waals surface area contributed by atoms with Gasteiger partial charge in [0.15, 0.2) is 0 Å². The zero-order valence-electron chi connectivity index (χ0n) is 8.89. The highest BCUT2D eigenvalue weighted by atomic mass is 32.2. The van der Waals surface area contributed by atoms with E-state index in [1.807, 2.05) is 6.92 Å². The van der Waals surface area contributed by atoms with Crippen LogP contribution in [0.15, 0.2) is 0 Å². The number of carbonyl (C=O) groups excluding carboxylic acids is 1. The summed E-state index contributed by atoms with van der Waals surface area (Å²) in [7, 11) is 0. The summed E-state index contributed by atoms with van der Waals surface area (Å²) in [6.45, 7) is 7.03. The maximum Gasteiger partial charge on any atom is 0.234 e. The molecule has 0 radical (unpaired) electrons. The number of hydrogen-bond donors (Lipinski definition) is 2. The highest BCUT2D eigenvalue weighted by Crippen LogP contribution is 2.19. The molecule has 0 aromatic carbocycles. The molecule has 0 rings (SSSR count). The van der Waals surface area contributed by atoms with Gasteiger partial charge in [-0.1, -0.05) is 6.92 Å². The van der Waals surface area contributed by atoms with Gasteiger partial charge in [0.05, 0.1) is 6.04 Å². The highest BCUT2D eigenvalue weighted by molar-refractivity contribution is 7.99. The Balaban J connectivity index is 3.92. The second-order valence-corrected chi connectivity index (χ2v) is 5.22. The normalized spacial score (nSPS) is 14.2. The van der Waals surface area contributed by atoms with Gasteiger partial charge in [0.25, 0.3) is 0 Å². The molecule has 0 aromatic rings. The summed E-state index contributed by atoms with van der Waals surface area (Å²) in [5.41, 5.74) is 5.21. The van der Waals surface area contributed by atoms with Gasteiger partial charge in [-0.15, -0.1) is 0 Å². The Labute approximate surface area is 84.8 Å².